The van der Waals surface area contributed by atoms with E-state index < -0.39 is 0 Å². The average Bonchev–Trinajstić information content (AvgIpc) is 2.63. The second-order valence-corrected chi connectivity index (χ2v) is 6.57. The van der Waals surface area contributed by atoms with Gasteiger partial charge in [-0.05, 0) is 25.5 Å². The molecule has 1 aliphatic heterocycles. The molecule has 0 bridgehead atoms. The third-order valence-electron chi connectivity index (χ3n) is 4.93. The van der Waals surface area contributed by atoms with Crippen LogP contribution in [-0.2, 0) is 11.3 Å². The van der Waals surface area contributed by atoms with Gasteiger partial charge in [0, 0.05) is 44.2 Å². The Balaban J connectivity index is 1.64. The monoisotopic (exact) mass is 343 g/mol. The molecule has 3 rings (SSSR count). The third kappa shape index (κ3) is 4.45. The maximum absolute atomic E-state index is 6.11. The Morgan fingerprint density at radius 3 is 2.84 bits per heavy atom. The van der Waals surface area contributed by atoms with E-state index in [4.69, 9.17) is 15.5 Å². The number of anilines is 1. The smallest absolute Gasteiger partial charge is 0.145 e. The first kappa shape index (κ1) is 18.0. The Kier molecular flexibility index (Phi) is 6.18. The van der Waals surface area contributed by atoms with Crippen LogP contribution in [0.3, 0.4) is 0 Å². The summed E-state index contributed by atoms with van der Waals surface area (Å²) in [5.74, 6) is 1.39. The molecule has 0 amide bonds. The van der Waals surface area contributed by atoms with Crippen molar-refractivity contribution in [3.63, 3.8) is 0 Å². The van der Waals surface area contributed by atoms with Gasteiger partial charge in [-0.2, -0.15) is 0 Å². The van der Waals surface area contributed by atoms with Crippen molar-refractivity contribution in [2.75, 3.05) is 45.1 Å². The van der Waals surface area contributed by atoms with Crippen molar-refractivity contribution in [3.05, 3.63) is 30.1 Å². The van der Waals surface area contributed by atoms with E-state index in [2.05, 4.69) is 21.7 Å². The fourth-order valence-corrected chi connectivity index (χ4v) is 3.53. The summed E-state index contributed by atoms with van der Waals surface area (Å²) in [4.78, 5) is 14.2. The number of hydrogen-bond donors (Lipinski definition) is 1. The summed E-state index contributed by atoms with van der Waals surface area (Å²) in [7, 11) is 0. The molecule has 136 valence electrons. The van der Waals surface area contributed by atoms with Gasteiger partial charge in [-0.3, -0.25) is 9.80 Å². The second-order valence-electron chi connectivity index (χ2n) is 6.57. The lowest BCUT2D eigenvalue weighted by Crippen LogP contribution is -2.53. The lowest BCUT2D eigenvalue weighted by molar-refractivity contribution is 0.0377. The predicted molar refractivity (Wildman–Crippen MR) is 101 cm³/mol. The van der Waals surface area contributed by atoms with Gasteiger partial charge in [-0.15, -0.1) is 0 Å². The molecule has 0 radical (unpaired) electrons. The van der Waals surface area contributed by atoms with Crippen molar-refractivity contribution < 1.29 is 4.74 Å². The predicted octanol–water partition coefficient (Wildman–Crippen LogP) is 2.14. The Labute approximate surface area is 150 Å². The number of nitrogens with zero attached hydrogens (tertiary/aromatic N) is 4. The topological polar surface area (TPSA) is 67.5 Å². The van der Waals surface area contributed by atoms with Crippen LogP contribution in [0.25, 0.3) is 10.9 Å². The summed E-state index contributed by atoms with van der Waals surface area (Å²) in [6.45, 7) is 10.8. The van der Waals surface area contributed by atoms with Crippen LogP contribution in [0.15, 0.2) is 24.3 Å². The molecular weight excluding hydrogens is 314 g/mol. The van der Waals surface area contributed by atoms with Crippen LogP contribution in [0.5, 0.6) is 0 Å². The Bertz CT molecular complexity index is 693. The summed E-state index contributed by atoms with van der Waals surface area (Å²) in [5.41, 5.74) is 7.04. The molecule has 25 heavy (non-hydrogen) atoms. The first-order chi connectivity index (χ1) is 12.2. The van der Waals surface area contributed by atoms with Gasteiger partial charge in [-0.1, -0.05) is 19.1 Å². The zero-order valence-electron chi connectivity index (χ0n) is 15.3. The fraction of sp³-hybridized carbons (Fsp3) is 0.579. The van der Waals surface area contributed by atoms with Crippen molar-refractivity contribution in [2.45, 2.75) is 32.9 Å². The number of aromatic nitrogens is 2. The Morgan fingerprint density at radius 1 is 1.20 bits per heavy atom. The number of ether oxygens (including phenoxy) is 1. The molecule has 1 atom stereocenters. The van der Waals surface area contributed by atoms with E-state index in [0.29, 0.717) is 11.9 Å². The molecule has 6 nitrogen and oxygen atoms in total. The summed E-state index contributed by atoms with van der Waals surface area (Å²) >= 11 is 0. The number of piperazine rings is 1. The SMILES string of the molecule is CCOCCN1CCN(Cc2nc(N)c3ccccc3n2)CC1CC. The van der Waals surface area contributed by atoms with E-state index in [-0.39, 0.29) is 0 Å². The standard InChI is InChI=1S/C19H29N5O/c1-3-15-13-23(9-10-24(15)11-12-25-4-2)14-18-21-17-8-6-5-7-16(17)19(20)22-18/h5-8,15H,3-4,9-14H2,1-2H3,(H2,20,21,22). The van der Waals surface area contributed by atoms with Gasteiger partial charge in [0.1, 0.15) is 11.6 Å². The number of fused-ring (bicyclic) bond motifs is 1. The van der Waals surface area contributed by atoms with Crippen LogP contribution in [0.4, 0.5) is 5.82 Å². The zero-order chi connectivity index (χ0) is 17.6. The molecule has 1 saturated heterocycles. The molecular formula is C19H29N5O. The van der Waals surface area contributed by atoms with E-state index >= 15 is 0 Å². The van der Waals surface area contributed by atoms with Crippen molar-refractivity contribution in [1.29, 1.82) is 0 Å². The Morgan fingerprint density at radius 2 is 2.04 bits per heavy atom. The largest absolute Gasteiger partial charge is 0.383 e. The van der Waals surface area contributed by atoms with Gasteiger partial charge in [0.2, 0.25) is 0 Å². The summed E-state index contributed by atoms with van der Waals surface area (Å²) in [5, 5.41) is 0.929. The minimum Gasteiger partial charge on any atom is -0.383 e. The maximum Gasteiger partial charge on any atom is 0.145 e. The van der Waals surface area contributed by atoms with E-state index in [1.165, 1.54) is 0 Å². The van der Waals surface area contributed by atoms with Crippen LogP contribution >= 0.6 is 0 Å². The normalized spacial score (nSPS) is 19.5. The molecule has 0 spiro atoms. The van der Waals surface area contributed by atoms with E-state index in [0.717, 1.165) is 69.1 Å². The highest BCUT2D eigenvalue weighted by Gasteiger charge is 2.26. The molecule has 1 fully saturated rings. The fourth-order valence-electron chi connectivity index (χ4n) is 3.53. The number of hydrogen-bond acceptors (Lipinski definition) is 6. The van der Waals surface area contributed by atoms with Gasteiger partial charge < -0.3 is 10.5 Å². The van der Waals surface area contributed by atoms with E-state index in [1.54, 1.807) is 0 Å². The third-order valence-corrected chi connectivity index (χ3v) is 4.93. The zero-order valence-corrected chi connectivity index (χ0v) is 15.3. The molecule has 1 aliphatic rings. The quantitative estimate of drug-likeness (QED) is 0.777. The van der Waals surface area contributed by atoms with Crippen molar-refractivity contribution in [2.24, 2.45) is 0 Å². The van der Waals surface area contributed by atoms with Crippen LogP contribution in [-0.4, -0.2) is 65.2 Å². The number of benzene rings is 1. The minimum atomic E-state index is 0.562. The molecule has 2 aromatic rings. The number of nitrogens with two attached hydrogens (primary N) is 1. The first-order valence-corrected chi connectivity index (χ1v) is 9.26. The van der Waals surface area contributed by atoms with Crippen LogP contribution in [0.2, 0.25) is 0 Å². The lowest BCUT2D eigenvalue weighted by Gasteiger charge is -2.41. The second kappa shape index (κ2) is 8.56. The molecule has 2 heterocycles. The molecule has 0 aliphatic carbocycles. The molecule has 6 heteroatoms. The van der Waals surface area contributed by atoms with Gasteiger partial charge >= 0.3 is 0 Å². The Hall–Kier alpha value is -1.76. The highest BCUT2D eigenvalue weighted by molar-refractivity contribution is 5.87. The summed E-state index contributed by atoms with van der Waals surface area (Å²) < 4.78 is 5.52. The molecule has 1 unspecified atom stereocenters. The van der Waals surface area contributed by atoms with Gasteiger partial charge in [0.15, 0.2) is 0 Å². The lowest BCUT2D eigenvalue weighted by atomic mass is 10.1. The molecule has 2 N–H and O–H groups in total. The van der Waals surface area contributed by atoms with Crippen LogP contribution in [0, 0.1) is 0 Å². The highest BCUT2D eigenvalue weighted by Crippen LogP contribution is 2.19. The van der Waals surface area contributed by atoms with Crippen molar-refractivity contribution in [3.8, 4) is 0 Å². The van der Waals surface area contributed by atoms with Crippen LogP contribution < -0.4 is 5.73 Å². The summed E-state index contributed by atoms with van der Waals surface area (Å²) in [6, 6.07) is 8.49. The molecule has 0 saturated carbocycles. The van der Waals surface area contributed by atoms with Crippen molar-refractivity contribution >= 4 is 16.7 Å². The van der Waals surface area contributed by atoms with E-state index in [9.17, 15) is 0 Å². The maximum atomic E-state index is 6.11. The van der Waals surface area contributed by atoms with Crippen molar-refractivity contribution in [1.82, 2.24) is 19.8 Å². The number of nitrogen functional groups attached to an aromatic ring is 1. The van der Waals surface area contributed by atoms with Gasteiger partial charge in [-0.25, -0.2) is 9.97 Å². The molecule has 1 aromatic heterocycles. The molecule has 1 aromatic carbocycles. The van der Waals surface area contributed by atoms with Gasteiger partial charge in [0.25, 0.3) is 0 Å². The minimum absolute atomic E-state index is 0.562. The summed E-state index contributed by atoms with van der Waals surface area (Å²) in [6.07, 6.45) is 1.14. The van der Waals surface area contributed by atoms with Crippen LogP contribution in [0.1, 0.15) is 26.1 Å². The van der Waals surface area contributed by atoms with E-state index in [1.807, 2.05) is 31.2 Å². The van der Waals surface area contributed by atoms with Gasteiger partial charge in [0.05, 0.1) is 18.7 Å². The number of rotatable bonds is 7. The average molecular weight is 343 g/mol. The number of para-hydroxylation sites is 1. The highest BCUT2D eigenvalue weighted by atomic mass is 16.5. The first-order valence-electron chi connectivity index (χ1n) is 9.26.